The van der Waals surface area contributed by atoms with Crippen molar-refractivity contribution in [2.24, 2.45) is 0 Å². The number of benzene rings is 1. The molecule has 0 unspecified atom stereocenters. The van der Waals surface area contributed by atoms with Gasteiger partial charge in [-0.05, 0) is 35.2 Å². The van der Waals surface area contributed by atoms with Crippen LogP contribution in [0.2, 0.25) is 16.6 Å². The van der Waals surface area contributed by atoms with Crippen molar-refractivity contribution in [3.63, 3.8) is 0 Å². The monoisotopic (exact) mass is 449 g/mol. The predicted molar refractivity (Wildman–Crippen MR) is 124 cm³/mol. The first-order valence-corrected chi connectivity index (χ1v) is 13.8. The Bertz CT molecular complexity index is 719. The molecule has 2 heterocycles. The Morgan fingerprint density at radius 3 is 2.10 bits per heavy atom. The third-order valence-electron chi connectivity index (χ3n) is 7.33. The second kappa shape index (κ2) is 9.71. The van der Waals surface area contributed by atoms with Crippen molar-refractivity contribution in [3.8, 4) is 0 Å². The summed E-state index contributed by atoms with van der Waals surface area (Å²) < 4.78 is 12.6. The van der Waals surface area contributed by atoms with E-state index in [4.69, 9.17) is 9.16 Å². The van der Waals surface area contributed by atoms with Gasteiger partial charge in [0.15, 0.2) is 0 Å². The van der Waals surface area contributed by atoms with Crippen LogP contribution in [0.15, 0.2) is 30.3 Å². The van der Waals surface area contributed by atoms with Crippen LogP contribution in [-0.4, -0.2) is 72.9 Å². The lowest BCUT2D eigenvalue weighted by Gasteiger charge is -2.48. The minimum atomic E-state index is -2.11. The largest absolute Gasteiger partial charge is 0.455 e. The van der Waals surface area contributed by atoms with Crippen molar-refractivity contribution in [2.45, 2.75) is 95.0 Å². The number of nitrogens with zero attached hydrogens (tertiary/aromatic N) is 1. The molecule has 0 spiro atoms. The molecule has 1 aromatic carbocycles. The van der Waals surface area contributed by atoms with Crippen LogP contribution >= 0.6 is 0 Å². The number of hydrogen-bond donors (Lipinski definition) is 2. The molecule has 0 aromatic heterocycles. The van der Waals surface area contributed by atoms with Crippen LogP contribution in [-0.2, 0) is 9.16 Å². The summed E-state index contributed by atoms with van der Waals surface area (Å²) in [7, 11) is -2.11. The van der Waals surface area contributed by atoms with Gasteiger partial charge < -0.3 is 19.4 Å². The number of carbonyl (C=O) groups is 1. The SMILES string of the molecule is CC(C)[Si](O[C@@H]1CCN2C[C@H](OC(=O)c3ccccc3)[C@@H](O)[C@@H](O)[C@@H]12)(C(C)C)C(C)C. The van der Waals surface area contributed by atoms with Crippen molar-refractivity contribution >= 4 is 14.3 Å². The molecule has 0 aliphatic carbocycles. The highest BCUT2D eigenvalue weighted by molar-refractivity contribution is 6.77. The van der Waals surface area contributed by atoms with Crippen LogP contribution in [0.3, 0.4) is 0 Å². The van der Waals surface area contributed by atoms with E-state index in [2.05, 4.69) is 46.4 Å². The van der Waals surface area contributed by atoms with E-state index in [1.54, 1.807) is 24.3 Å². The Morgan fingerprint density at radius 1 is 0.968 bits per heavy atom. The first-order valence-electron chi connectivity index (χ1n) is 11.6. The predicted octanol–water partition coefficient (Wildman–Crippen LogP) is 3.58. The molecule has 0 radical (unpaired) electrons. The van der Waals surface area contributed by atoms with Gasteiger partial charge >= 0.3 is 5.97 Å². The highest BCUT2D eigenvalue weighted by atomic mass is 28.4. The lowest BCUT2D eigenvalue weighted by Crippen LogP contribution is -2.64. The molecular weight excluding hydrogens is 410 g/mol. The molecule has 2 fully saturated rings. The van der Waals surface area contributed by atoms with Crippen molar-refractivity contribution in [1.82, 2.24) is 4.90 Å². The zero-order chi connectivity index (χ0) is 22.9. The summed E-state index contributed by atoms with van der Waals surface area (Å²) in [6.07, 6.45) is -2.22. The fourth-order valence-electron chi connectivity index (χ4n) is 5.94. The minimum Gasteiger partial charge on any atom is -0.455 e. The van der Waals surface area contributed by atoms with Crippen LogP contribution < -0.4 is 0 Å². The van der Waals surface area contributed by atoms with Crippen LogP contribution in [0.25, 0.3) is 0 Å². The maximum Gasteiger partial charge on any atom is 0.338 e. The average molecular weight is 450 g/mol. The Hall–Kier alpha value is -1.25. The van der Waals surface area contributed by atoms with Crippen LogP contribution in [0.1, 0.15) is 58.3 Å². The molecule has 31 heavy (non-hydrogen) atoms. The Balaban J connectivity index is 1.74. The summed E-state index contributed by atoms with van der Waals surface area (Å²) in [6, 6.07) is 8.48. The maximum atomic E-state index is 12.5. The first kappa shape index (κ1) is 24.4. The van der Waals surface area contributed by atoms with Gasteiger partial charge in [0, 0.05) is 13.1 Å². The smallest absolute Gasteiger partial charge is 0.338 e. The lowest BCUT2D eigenvalue weighted by molar-refractivity contribution is -0.142. The van der Waals surface area contributed by atoms with Gasteiger partial charge in [-0.3, -0.25) is 4.90 Å². The average Bonchev–Trinajstić information content (AvgIpc) is 3.12. The molecule has 2 saturated heterocycles. The molecule has 174 valence electrons. The summed E-state index contributed by atoms with van der Waals surface area (Å²) in [4.78, 5) is 14.6. The summed E-state index contributed by atoms with van der Waals surface area (Å²) in [6.45, 7) is 14.7. The molecule has 2 aliphatic heterocycles. The molecule has 7 heteroatoms. The highest BCUT2D eigenvalue weighted by Gasteiger charge is 2.54. The minimum absolute atomic E-state index is 0.116. The Labute approximate surface area is 187 Å². The quantitative estimate of drug-likeness (QED) is 0.489. The molecule has 0 bridgehead atoms. The van der Waals surface area contributed by atoms with E-state index >= 15 is 0 Å². The molecule has 0 saturated carbocycles. The van der Waals surface area contributed by atoms with Crippen molar-refractivity contribution in [1.29, 1.82) is 0 Å². The lowest BCUT2D eigenvalue weighted by atomic mass is 9.93. The van der Waals surface area contributed by atoms with Crippen LogP contribution in [0.5, 0.6) is 0 Å². The normalized spacial score (nSPS) is 29.6. The summed E-state index contributed by atoms with van der Waals surface area (Å²) in [5.74, 6) is -0.479. The second-order valence-electron chi connectivity index (χ2n) is 10.0. The fraction of sp³-hybridized carbons (Fsp3) is 0.708. The topological polar surface area (TPSA) is 79.2 Å². The van der Waals surface area contributed by atoms with Gasteiger partial charge in [-0.2, -0.15) is 0 Å². The Morgan fingerprint density at radius 2 is 1.55 bits per heavy atom. The van der Waals surface area contributed by atoms with Crippen molar-refractivity contribution in [3.05, 3.63) is 35.9 Å². The number of piperidine rings is 1. The fourth-order valence-corrected chi connectivity index (χ4v) is 11.5. The van der Waals surface area contributed by atoms with Crippen molar-refractivity contribution in [2.75, 3.05) is 13.1 Å². The molecule has 0 amide bonds. The molecule has 3 rings (SSSR count). The highest BCUT2D eigenvalue weighted by Crippen LogP contribution is 2.45. The molecule has 1 aromatic rings. The van der Waals surface area contributed by atoms with Gasteiger partial charge in [-0.25, -0.2) is 4.79 Å². The number of rotatable bonds is 7. The third-order valence-corrected chi connectivity index (χ3v) is 13.5. The van der Waals surface area contributed by atoms with Gasteiger partial charge in [0.05, 0.1) is 17.7 Å². The summed E-state index contributed by atoms with van der Waals surface area (Å²) in [5.41, 5.74) is 1.79. The van der Waals surface area contributed by atoms with E-state index < -0.39 is 32.6 Å². The summed E-state index contributed by atoms with van der Waals surface area (Å²) in [5, 5.41) is 21.9. The van der Waals surface area contributed by atoms with Crippen molar-refractivity contribution < 1.29 is 24.2 Å². The van der Waals surface area contributed by atoms with Gasteiger partial charge in [0.1, 0.15) is 18.3 Å². The zero-order valence-electron chi connectivity index (χ0n) is 19.7. The molecule has 5 atom stereocenters. The molecule has 6 nitrogen and oxygen atoms in total. The second-order valence-corrected chi connectivity index (χ2v) is 15.4. The number of esters is 1. The zero-order valence-corrected chi connectivity index (χ0v) is 20.7. The van der Waals surface area contributed by atoms with E-state index in [1.165, 1.54) is 0 Å². The van der Waals surface area contributed by atoms with E-state index in [9.17, 15) is 15.0 Å². The van der Waals surface area contributed by atoms with Gasteiger partial charge in [0.2, 0.25) is 8.32 Å². The molecule has 2 N–H and O–H groups in total. The van der Waals surface area contributed by atoms with E-state index in [0.29, 0.717) is 28.7 Å². The summed E-state index contributed by atoms with van der Waals surface area (Å²) >= 11 is 0. The third kappa shape index (κ3) is 4.62. The van der Waals surface area contributed by atoms with E-state index in [-0.39, 0.29) is 12.1 Å². The number of aliphatic hydroxyl groups is 2. The molecular formula is C24H39NO5Si. The number of carbonyl (C=O) groups excluding carboxylic acids is 1. The van der Waals surface area contributed by atoms with E-state index in [1.807, 2.05) is 6.07 Å². The Kier molecular flexibility index (Phi) is 7.64. The standard InChI is InChI=1S/C24H39NO5Si/c1-15(2)31(16(3)4,17(5)6)30-19-12-13-25-14-20(22(26)23(27)21(19)25)29-24(28)18-10-8-7-9-11-18/h7-11,15-17,19-23,26-27H,12-14H2,1-6H3/t19-,20+,21-,22-,23+/m1/s1. The number of ether oxygens (including phenoxy) is 1. The number of fused-ring (bicyclic) bond motifs is 1. The van der Waals surface area contributed by atoms with Crippen LogP contribution in [0.4, 0.5) is 0 Å². The van der Waals surface area contributed by atoms with Gasteiger partial charge in [-0.1, -0.05) is 59.7 Å². The number of aliphatic hydroxyl groups excluding tert-OH is 2. The molecule has 2 aliphatic rings. The van der Waals surface area contributed by atoms with Gasteiger partial charge in [-0.15, -0.1) is 0 Å². The maximum absolute atomic E-state index is 12.5. The number of hydrogen-bond acceptors (Lipinski definition) is 6. The van der Waals surface area contributed by atoms with Gasteiger partial charge in [0.25, 0.3) is 0 Å². The van der Waals surface area contributed by atoms with E-state index in [0.717, 1.165) is 13.0 Å². The first-order chi connectivity index (χ1) is 14.6. The van der Waals surface area contributed by atoms with Crippen LogP contribution in [0, 0.1) is 0 Å².